The van der Waals surface area contributed by atoms with Gasteiger partial charge in [-0.25, -0.2) is 8.42 Å². The molecule has 0 aliphatic carbocycles. The van der Waals surface area contributed by atoms with Gasteiger partial charge < -0.3 is 5.73 Å². The molecule has 0 amide bonds. The predicted octanol–water partition coefficient (Wildman–Crippen LogP) is 2.38. The molecule has 17 heavy (non-hydrogen) atoms. The van der Waals surface area contributed by atoms with E-state index in [0.717, 1.165) is 18.4 Å². The standard InChI is InChI=1S/C12H18ClNO2S/c13-12-6-4-11(5-7-12)10-17(15,16)9-3-1-2-8-14/h4-7H,1-3,8-10,14H2. The zero-order valence-electron chi connectivity index (χ0n) is 9.73. The number of nitrogens with two attached hydrogens (primary N) is 1. The molecule has 0 saturated heterocycles. The first kappa shape index (κ1) is 14.5. The molecule has 1 rings (SSSR count). The molecule has 1 aromatic rings. The van der Waals surface area contributed by atoms with E-state index in [2.05, 4.69) is 0 Å². The van der Waals surface area contributed by atoms with Crippen LogP contribution in [0.15, 0.2) is 24.3 Å². The summed E-state index contributed by atoms with van der Waals surface area (Å²) in [5.41, 5.74) is 6.14. The van der Waals surface area contributed by atoms with Gasteiger partial charge in [0, 0.05) is 5.02 Å². The Bertz CT molecular complexity index is 428. The Labute approximate surface area is 108 Å². The molecule has 0 saturated carbocycles. The lowest BCUT2D eigenvalue weighted by atomic mass is 10.2. The van der Waals surface area contributed by atoms with Crippen molar-refractivity contribution in [3.8, 4) is 0 Å². The van der Waals surface area contributed by atoms with E-state index < -0.39 is 9.84 Å². The Balaban J connectivity index is 2.46. The first-order valence-electron chi connectivity index (χ1n) is 5.68. The molecule has 96 valence electrons. The lowest BCUT2D eigenvalue weighted by Crippen LogP contribution is -2.10. The Hall–Kier alpha value is -0.580. The van der Waals surface area contributed by atoms with Crippen LogP contribution in [0.4, 0.5) is 0 Å². The van der Waals surface area contributed by atoms with Crippen LogP contribution < -0.4 is 5.73 Å². The third kappa shape index (κ3) is 6.05. The smallest absolute Gasteiger partial charge is 0.154 e. The van der Waals surface area contributed by atoms with Gasteiger partial charge in [-0.15, -0.1) is 0 Å². The topological polar surface area (TPSA) is 60.2 Å². The van der Waals surface area contributed by atoms with Gasteiger partial charge in [-0.1, -0.05) is 30.2 Å². The van der Waals surface area contributed by atoms with E-state index in [9.17, 15) is 8.42 Å². The molecule has 5 heteroatoms. The Kier molecular flexibility index (Phi) is 5.95. The van der Waals surface area contributed by atoms with Gasteiger partial charge >= 0.3 is 0 Å². The van der Waals surface area contributed by atoms with Gasteiger partial charge in [0.05, 0.1) is 11.5 Å². The highest BCUT2D eigenvalue weighted by Gasteiger charge is 2.11. The summed E-state index contributed by atoms with van der Waals surface area (Å²) in [6, 6.07) is 6.92. The number of halogens is 1. The fraction of sp³-hybridized carbons (Fsp3) is 0.500. The third-order valence-electron chi connectivity index (χ3n) is 2.46. The van der Waals surface area contributed by atoms with Gasteiger partial charge in [0.1, 0.15) is 0 Å². The second-order valence-electron chi connectivity index (χ2n) is 4.07. The summed E-state index contributed by atoms with van der Waals surface area (Å²) in [5, 5.41) is 0.620. The van der Waals surface area contributed by atoms with Crippen molar-refractivity contribution in [2.75, 3.05) is 12.3 Å². The lowest BCUT2D eigenvalue weighted by molar-refractivity contribution is 0.589. The number of sulfone groups is 1. The van der Waals surface area contributed by atoms with E-state index in [1.807, 2.05) is 0 Å². The molecule has 0 atom stereocenters. The number of hydrogen-bond donors (Lipinski definition) is 1. The maximum Gasteiger partial charge on any atom is 0.154 e. The summed E-state index contributed by atoms with van der Waals surface area (Å²) in [7, 11) is -3.01. The average Bonchev–Trinajstić information content (AvgIpc) is 2.27. The fourth-order valence-electron chi connectivity index (χ4n) is 1.55. The molecular weight excluding hydrogens is 258 g/mol. The van der Waals surface area contributed by atoms with Gasteiger partial charge in [0.2, 0.25) is 0 Å². The maximum absolute atomic E-state index is 11.8. The Morgan fingerprint density at radius 3 is 2.29 bits per heavy atom. The van der Waals surface area contributed by atoms with E-state index in [1.165, 1.54) is 0 Å². The van der Waals surface area contributed by atoms with Crippen LogP contribution in [-0.2, 0) is 15.6 Å². The molecule has 2 N–H and O–H groups in total. The third-order valence-corrected chi connectivity index (χ3v) is 4.40. The predicted molar refractivity (Wildman–Crippen MR) is 71.8 cm³/mol. The number of rotatable bonds is 7. The summed E-state index contributed by atoms with van der Waals surface area (Å²) in [5.74, 6) is 0.322. The summed E-state index contributed by atoms with van der Waals surface area (Å²) in [6.45, 7) is 0.622. The fourth-order valence-corrected chi connectivity index (χ4v) is 3.16. The van der Waals surface area contributed by atoms with Crippen molar-refractivity contribution >= 4 is 21.4 Å². The van der Waals surface area contributed by atoms with Gasteiger partial charge in [-0.3, -0.25) is 0 Å². The molecular formula is C12H18ClNO2S. The van der Waals surface area contributed by atoms with Crippen LogP contribution in [0.2, 0.25) is 5.02 Å². The lowest BCUT2D eigenvalue weighted by Gasteiger charge is -2.04. The summed E-state index contributed by atoms with van der Waals surface area (Å²) >= 11 is 5.74. The average molecular weight is 276 g/mol. The highest BCUT2D eigenvalue weighted by molar-refractivity contribution is 7.90. The molecule has 0 unspecified atom stereocenters. The van der Waals surface area contributed by atoms with Crippen LogP contribution >= 0.6 is 11.6 Å². The van der Waals surface area contributed by atoms with E-state index in [-0.39, 0.29) is 11.5 Å². The van der Waals surface area contributed by atoms with E-state index in [4.69, 9.17) is 17.3 Å². The second-order valence-corrected chi connectivity index (χ2v) is 6.69. The van der Waals surface area contributed by atoms with E-state index in [0.29, 0.717) is 18.0 Å². The number of hydrogen-bond acceptors (Lipinski definition) is 3. The second kappa shape index (κ2) is 6.99. The van der Waals surface area contributed by atoms with Crippen LogP contribution in [0.5, 0.6) is 0 Å². The van der Waals surface area contributed by atoms with Crippen molar-refractivity contribution in [3.05, 3.63) is 34.9 Å². The molecule has 1 aromatic carbocycles. The molecule has 3 nitrogen and oxygen atoms in total. The summed E-state index contributed by atoms with van der Waals surface area (Å²) < 4.78 is 23.6. The van der Waals surface area contributed by atoms with Crippen molar-refractivity contribution in [2.45, 2.75) is 25.0 Å². The Morgan fingerprint density at radius 2 is 1.71 bits per heavy atom. The zero-order chi connectivity index (χ0) is 12.7. The highest BCUT2D eigenvalue weighted by Crippen LogP contribution is 2.13. The Morgan fingerprint density at radius 1 is 1.06 bits per heavy atom. The van der Waals surface area contributed by atoms with Crippen molar-refractivity contribution in [2.24, 2.45) is 5.73 Å². The molecule has 0 aliphatic heterocycles. The van der Waals surface area contributed by atoms with Crippen molar-refractivity contribution in [3.63, 3.8) is 0 Å². The first-order valence-corrected chi connectivity index (χ1v) is 7.88. The molecule has 0 bridgehead atoms. The molecule has 0 aliphatic rings. The summed E-state index contributed by atoms with van der Waals surface area (Å²) in [6.07, 6.45) is 2.44. The summed E-state index contributed by atoms with van der Waals surface area (Å²) in [4.78, 5) is 0. The molecule has 0 radical (unpaired) electrons. The molecule has 0 spiro atoms. The molecule has 0 fully saturated rings. The van der Waals surface area contributed by atoms with Crippen LogP contribution in [0.25, 0.3) is 0 Å². The van der Waals surface area contributed by atoms with Crippen LogP contribution in [-0.4, -0.2) is 20.7 Å². The van der Waals surface area contributed by atoms with Crippen molar-refractivity contribution in [1.82, 2.24) is 0 Å². The normalized spacial score (nSPS) is 11.6. The zero-order valence-corrected chi connectivity index (χ0v) is 11.3. The monoisotopic (exact) mass is 275 g/mol. The van der Waals surface area contributed by atoms with Crippen molar-refractivity contribution in [1.29, 1.82) is 0 Å². The SMILES string of the molecule is NCCCCCS(=O)(=O)Cc1ccc(Cl)cc1. The number of benzene rings is 1. The van der Waals surface area contributed by atoms with Gasteiger partial charge in [0.25, 0.3) is 0 Å². The highest BCUT2D eigenvalue weighted by atomic mass is 35.5. The first-order chi connectivity index (χ1) is 8.03. The largest absolute Gasteiger partial charge is 0.330 e. The van der Waals surface area contributed by atoms with Crippen molar-refractivity contribution < 1.29 is 8.42 Å². The minimum atomic E-state index is -3.01. The maximum atomic E-state index is 11.8. The quantitative estimate of drug-likeness (QED) is 0.777. The minimum Gasteiger partial charge on any atom is -0.330 e. The van der Waals surface area contributed by atoms with Crippen LogP contribution in [0, 0.1) is 0 Å². The van der Waals surface area contributed by atoms with Gasteiger partial charge in [-0.2, -0.15) is 0 Å². The van der Waals surface area contributed by atoms with E-state index in [1.54, 1.807) is 24.3 Å². The van der Waals surface area contributed by atoms with Gasteiger partial charge in [0.15, 0.2) is 9.84 Å². The minimum absolute atomic E-state index is 0.0901. The van der Waals surface area contributed by atoms with Crippen LogP contribution in [0.3, 0.4) is 0 Å². The van der Waals surface area contributed by atoms with E-state index >= 15 is 0 Å². The van der Waals surface area contributed by atoms with Gasteiger partial charge in [-0.05, 0) is 37.1 Å². The number of unbranched alkanes of at least 4 members (excludes halogenated alkanes) is 2. The molecule has 0 aromatic heterocycles. The van der Waals surface area contributed by atoms with Crippen LogP contribution in [0.1, 0.15) is 24.8 Å². The molecule has 0 heterocycles.